The lowest BCUT2D eigenvalue weighted by Crippen LogP contribution is -2.41. The molecule has 28 heavy (non-hydrogen) atoms. The molecule has 0 saturated carbocycles. The molecule has 10 heteroatoms. The molecule has 0 aliphatic heterocycles. The van der Waals surface area contributed by atoms with Crippen LogP contribution in [0.25, 0.3) is 0 Å². The van der Waals surface area contributed by atoms with E-state index >= 15 is 0 Å². The van der Waals surface area contributed by atoms with Crippen LogP contribution in [0.3, 0.4) is 0 Å². The molecule has 150 valence electrons. The van der Waals surface area contributed by atoms with E-state index in [9.17, 15) is 23.3 Å². The van der Waals surface area contributed by atoms with Crippen LogP contribution >= 0.6 is 0 Å². The first kappa shape index (κ1) is 21.3. The van der Waals surface area contributed by atoms with Crippen molar-refractivity contribution in [3.05, 3.63) is 63.7 Å². The maximum Gasteiger partial charge on any atom is 0.273 e. The van der Waals surface area contributed by atoms with Crippen LogP contribution in [0.4, 0.5) is 5.69 Å². The Labute approximate surface area is 162 Å². The maximum absolute atomic E-state index is 12.2. The van der Waals surface area contributed by atoms with Gasteiger partial charge in [0.1, 0.15) is 5.75 Å². The fourth-order valence-corrected chi connectivity index (χ4v) is 3.14. The van der Waals surface area contributed by atoms with Gasteiger partial charge in [-0.3, -0.25) is 20.3 Å². The summed E-state index contributed by atoms with van der Waals surface area (Å²) >= 11 is 0. The molecule has 0 unspecified atom stereocenters. The third-order valence-electron chi connectivity index (χ3n) is 3.85. The van der Waals surface area contributed by atoms with Crippen molar-refractivity contribution in [2.45, 2.75) is 31.6 Å². The lowest BCUT2D eigenvalue weighted by molar-refractivity contribution is -0.385. The monoisotopic (exact) mass is 407 g/mol. The zero-order chi connectivity index (χ0) is 20.7. The van der Waals surface area contributed by atoms with E-state index < -0.39 is 20.9 Å². The molecule has 0 atom stereocenters. The highest BCUT2D eigenvalue weighted by Crippen LogP contribution is 2.21. The average molecular weight is 407 g/mol. The highest BCUT2D eigenvalue weighted by molar-refractivity contribution is 7.89. The molecule has 0 aliphatic carbocycles. The fraction of sp³-hybridized carbons (Fsp3) is 0.278. The summed E-state index contributed by atoms with van der Waals surface area (Å²) in [6.45, 7) is 3.76. The molecule has 1 amide bonds. The Hall–Kier alpha value is -2.98. The van der Waals surface area contributed by atoms with Crippen LogP contribution in [0.5, 0.6) is 5.75 Å². The van der Waals surface area contributed by atoms with Gasteiger partial charge in [0, 0.05) is 18.1 Å². The number of aryl methyl sites for hydroxylation is 2. The predicted molar refractivity (Wildman–Crippen MR) is 102 cm³/mol. The summed E-state index contributed by atoms with van der Waals surface area (Å²) in [6.07, 6.45) is 0.430. The van der Waals surface area contributed by atoms with Crippen LogP contribution in [0.1, 0.15) is 24.0 Å². The molecule has 0 spiro atoms. The van der Waals surface area contributed by atoms with Crippen LogP contribution in [0.2, 0.25) is 0 Å². The van der Waals surface area contributed by atoms with E-state index in [0.29, 0.717) is 24.3 Å². The van der Waals surface area contributed by atoms with Gasteiger partial charge in [-0.15, -0.1) is 4.83 Å². The minimum atomic E-state index is -4.12. The largest absolute Gasteiger partial charge is 0.494 e. The molecule has 0 aromatic heterocycles. The number of nitro groups is 1. The number of hydrogen-bond donors (Lipinski definition) is 2. The highest BCUT2D eigenvalue weighted by atomic mass is 32.2. The van der Waals surface area contributed by atoms with Crippen molar-refractivity contribution in [3.63, 3.8) is 0 Å². The standard InChI is InChI=1S/C18H21N3O6S/c1-13-5-8-15(9-6-13)27-11-3-4-18(22)19-20-28(25,26)16-10-7-14(2)17(12-16)21(23)24/h5-10,12,20H,3-4,11H2,1-2H3,(H,19,22). The van der Waals surface area contributed by atoms with E-state index in [1.807, 2.05) is 36.0 Å². The van der Waals surface area contributed by atoms with Gasteiger partial charge in [0.15, 0.2) is 0 Å². The summed E-state index contributed by atoms with van der Waals surface area (Å²) in [5.74, 6) is 0.144. The zero-order valence-electron chi connectivity index (χ0n) is 15.5. The normalized spacial score (nSPS) is 11.1. The second kappa shape index (κ2) is 9.29. The third-order valence-corrected chi connectivity index (χ3v) is 5.10. The summed E-state index contributed by atoms with van der Waals surface area (Å²) in [6, 6.07) is 11.0. The summed E-state index contributed by atoms with van der Waals surface area (Å²) in [7, 11) is -4.12. The molecular formula is C18H21N3O6S. The molecule has 9 nitrogen and oxygen atoms in total. The number of nitrogens with zero attached hydrogens (tertiary/aromatic N) is 1. The summed E-state index contributed by atoms with van der Waals surface area (Å²) in [5.41, 5.74) is 3.22. The maximum atomic E-state index is 12.2. The first-order chi connectivity index (χ1) is 13.2. The number of amides is 1. The number of hydrogen-bond acceptors (Lipinski definition) is 6. The lowest BCUT2D eigenvalue weighted by atomic mass is 10.2. The molecule has 2 N–H and O–H groups in total. The van der Waals surface area contributed by atoms with Crippen molar-refractivity contribution in [2.24, 2.45) is 0 Å². The second-order valence-corrected chi connectivity index (χ2v) is 7.81. The molecule has 0 radical (unpaired) electrons. The summed E-state index contributed by atoms with van der Waals surface area (Å²) in [4.78, 5) is 23.7. The molecule has 2 rings (SSSR count). The van der Waals surface area contributed by atoms with Gasteiger partial charge >= 0.3 is 0 Å². The molecule has 2 aromatic carbocycles. The van der Waals surface area contributed by atoms with Gasteiger partial charge in [0.25, 0.3) is 15.7 Å². The Bertz CT molecular complexity index is 958. The molecule has 0 saturated heterocycles. The molecule has 0 fully saturated rings. The Kier molecular flexibility index (Phi) is 7.07. The number of nitrogens with one attached hydrogen (secondary N) is 2. The number of nitro benzene ring substituents is 1. The minimum absolute atomic E-state index is 0.0441. The van der Waals surface area contributed by atoms with Crippen LogP contribution in [-0.2, 0) is 14.8 Å². The van der Waals surface area contributed by atoms with Gasteiger partial charge < -0.3 is 4.74 Å². The van der Waals surface area contributed by atoms with Gasteiger partial charge in [0.2, 0.25) is 5.91 Å². The van der Waals surface area contributed by atoms with Crippen molar-refractivity contribution in [3.8, 4) is 5.75 Å². The van der Waals surface area contributed by atoms with Crippen molar-refractivity contribution >= 4 is 21.6 Å². The second-order valence-electron chi connectivity index (χ2n) is 6.12. The molecule has 2 aromatic rings. The number of benzene rings is 2. The fourth-order valence-electron chi connectivity index (χ4n) is 2.26. The lowest BCUT2D eigenvalue weighted by Gasteiger charge is -2.09. The smallest absolute Gasteiger partial charge is 0.273 e. The molecule has 0 aliphatic rings. The first-order valence-corrected chi connectivity index (χ1v) is 9.92. The van der Waals surface area contributed by atoms with Gasteiger partial charge in [-0.05, 0) is 38.5 Å². The summed E-state index contributed by atoms with van der Waals surface area (Å²) in [5, 5.41) is 10.9. The predicted octanol–water partition coefficient (Wildman–Crippen LogP) is 2.38. The Balaban J connectivity index is 1.82. The van der Waals surface area contributed by atoms with Crippen LogP contribution in [0, 0.1) is 24.0 Å². The molecule has 0 bridgehead atoms. The van der Waals surface area contributed by atoms with Gasteiger partial charge in [0.05, 0.1) is 16.4 Å². The summed E-state index contributed by atoms with van der Waals surface area (Å²) < 4.78 is 29.9. The van der Waals surface area contributed by atoms with Crippen LogP contribution < -0.4 is 15.0 Å². The highest BCUT2D eigenvalue weighted by Gasteiger charge is 2.20. The van der Waals surface area contributed by atoms with E-state index in [1.165, 1.54) is 19.1 Å². The number of hydrazine groups is 1. The number of rotatable bonds is 9. The van der Waals surface area contributed by atoms with E-state index in [4.69, 9.17) is 4.74 Å². The first-order valence-electron chi connectivity index (χ1n) is 8.44. The SMILES string of the molecule is Cc1ccc(OCCCC(=O)NNS(=O)(=O)c2ccc(C)c([N+](=O)[O-])c2)cc1. The van der Waals surface area contributed by atoms with E-state index in [-0.39, 0.29) is 17.0 Å². The van der Waals surface area contributed by atoms with Gasteiger partial charge in [-0.1, -0.05) is 23.8 Å². The van der Waals surface area contributed by atoms with Crippen LogP contribution in [-0.4, -0.2) is 25.9 Å². The number of ether oxygens (including phenoxy) is 1. The van der Waals surface area contributed by atoms with E-state index in [1.54, 1.807) is 0 Å². The van der Waals surface area contributed by atoms with Gasteiger partial charge in [-0.25, -0.2) is 8.42 Å². The molecule has 0 heterocycles. The van der Waals surface area contributed by atoms with Crippen LogP contribution in [0.15, 0.2) is 47.4 Å². The van der Waals surface area contributed by atoms with Crippen molar-refractivity contribution in [2.75, 3.05) is 6.61 Å². The zero-order valence-corrected chi connectivity index (χ0v) is 16.3. The number of carbonyl (C=O) groups is 1. The topological polar surface area (TPSA) is 128 Å². The van der Waals surface area contributed by atoms with E-state index in [2.05, 4.69) is 5.43 Å². The Morgan fingerprint density at radius 3 is 2.46 bits per heavy atom. The Morgan fingerprint density at radius 1 is 1.14 bits per heavy atom. The Morgan fingerprint density at radius 2 is 1.82 bits per heavy atom. The minimum Gasteiger partial charge on any atom is -0.494 e. The van der Waals surface area contributed by atoms with Gasteiger partial charge in [-0.2, -0.15) is 0 Å². The number of carbonyl (C=O) groups excluding carboxylic acids is 1. The quantitative estimate of drug-likeness (QED) is 0.373. The molecular weight excluding hydrogens is 386 g/mol. The van der Waals surface area contributed by atoms with E-state index in [0.717, 1.165) is 11.6 Å². The number of sulfonamides is 1. The average Bonchev–Trinajstić information content (AvgIpc) is 2.65. The third kappa shape index (κ3) is 6.03. The van der Waals surface area contributed by atoms with Crippen molar-refractivity contribution in [1.29, 1.82) is 0 Å². The van der Waals surface area contributed by atoms with Crippen molar-refractivity contribution < 1.29 is 22.9 Å². The van der Waals surface area contributed by atoms with Crippen molar-refractivity contribution in [1.82, 2.24) is 10.3 Å².